The molecule has 0 radical (unpaired) electrons. The van der Waals surface area contributed by atoms with Gasteiger partial charge in [0.2, 0.25) is 10.0 Å². The molecule has 2 aromatic heterocycles. The van der Waals surface area contributed by atoms with Crippen LogP contribution in [0.4, 0.5) is 0 Å². The second kappa shape index (κ2) is 6.74. The lowest BCUT2D eigenvalue weighted by molar-refractivity contribution is 0.281. The average molecular weight is 426 g/mol. The van der Waals surface area contributed by atoms with Crippen molar-refractivity contribution in [3.63, 3.8) is 0 Å². The maximum Gasteiger partial charge on any atom is 0.281 e. The normalized spacial score (nSPS) is 19.0. The summed E-state index contributed by atoms with van der Waals surface area (Å²) in [6.45, 7) is 2.92. The third-order valence-electron chi connectivity index (χ3n) is 4.88. The average Bonchev–Trinajstić information content (AvgIpc) is 2.62. The van der Waals surface area contributed by atoms with Gasteiger partial charge < -0.3 is 0 Å². The number of halogens is 2. The first-order valence-corrected chi connectivity index (χ1v) is 10.8. The Bertz CT molecular complexity index is 1220. The number of aromatic nitrogens is 2. The zero-order valence-electron chi connectivity index (χ0n) is 14.5. The molecule has 0 aliphatic carbocycles. The lowest BCUT2D eigenvalue weighted by Crippen LogP contribution is -2.39. The summed E-state index contributed by atoms with van der Waals surface area (Å²) in [5, 5.41) is 0.715. The van der Waals surface area contributed by atoms with E-state index in [2.05, 4.69) is 4.98 Å². The van der Waals surface area contributed by atoms with E-state index in [0.717, 1.165) is 12.8 Å². The van der Waals surface area contributed by atoms with Crippen molar-refractivity contribution >= 4 is 49.8 Å². The number of rotatable bonds is 2. The highest BCUT2D eigenvalue weighted by Gasteiger charge is 2.31. The van der Waals surface area contributed by atoms with Gasteiger partial charge in [0.15, 0.2) is 0 Å². The molecule has 0 amide bonds. The van der Waals surface area contributed by atoms with Gasteiger partial charge in [-0.25, -0.2) is 8.42 Å². The van der Waals surface area contributed by atoms with Gasteiger partial charge in [-0.05, 0) is 43.0 Å². The lowest BCUT2D eigenvalue weighted by Gasteiger charge is -2.30. The minimum Gasteiger partial charge on any atom is -0.299 e. The molecule has 1 aromatic carbocycles. The SMILES string of the molecule is C[C@@H]1CCCN(S(=O)(=O)c2cc3c(=O)nc4ccc(Cl)cn4c3cc2Cl)C1. The zero-order valence-corrected chi connectivity index (χ0v) is 16.9. The third-order valence-corrected chi connectivity index (χ3v) is 7.44. The molecule has 1 aliphatic rings. The summed E-state index contributed by atoms with van der Waals surface area (Å²) in [7, 11) is -3.80. The summed E-state index contributed by atoms with van der Waals surface area (Å²) in [6.07, 6.45) is 3.41. The van der Waals surface area contributed by atoms with Crippen LogP contribution in [0.15, 0.2) is 40.2 Å². The van der Waals surface area contributed by atoms with Gasteiger partial charge in [-0.1, -0.05) is 30.1 Å². The Hall–Kier alpha value is -1.67. The predicted octanol–water partition coefficient (Wildman–Crippen LogP) is 3.58. The van der Waals surface area contributed by atoms with E-state index in [1.807, 2.05) is 6.92 Å². The smallest absolute Gasteiger partial charge is 0.281 e. The fraction of sp³-hybridized carbons (Fsp3) is 0.333. The Morgan fingerprint density at radius 1 is 1.22 bits per heavy atom. The predicted molar refractivity (Wildman–Crippen MR) is 106 cm³/mol. The van der Waals surface area contributed by atoms with E-state index in [9.17, 15) is 13.2 Å². The first kappa shape index (κ1) is 18.7. The lowest BCUT2D eigenvalue weighted by atomic mass is 10.0. The molecule has 27 heavy (non-hydrogen) atoms. The van der Waals surface area contributed by atoms with E-state index < -0.39 is 15.6 Å². The zero-order chi connectivity index (χ0) is 19.3. The molecule has 3 heterocycles. The minimum atomic E-state index is -3.80. The van der Waals surface area contributed by atoms with Crippen LogP contribution in [0, 0.1) is 5.92 Å². The number of nitrogens with zero attached hydrogens (tertiary/aromatic N) is 3. The van der Waals surface area contributed by atoms with Gasteiger partial charge in [0.25, 0.3) is 5.56 Å². The van der Waals surface area contributed by atoms with Gasteiger partial charge in [-0.15, -0.1) is 0 Å². The van der Waals surface area contributed by atoms with Crippen LogP contribution >= 0.6 is 23.2 Å². The summed E-state index contributed by atoms with van der Waals surface area (Å²) in [6, 6.07) is 6.07. The Morgan fingerprint density at radius 3 is 2.74 bits per heavy atom. The second-order valence-electron chi connectivity index (χ2n) is 6.90. The van der Waals surface area contributed by atoms with Gasteiger partial charge >= 0.3 is 0 Å². The largest absolute Gasteiger partial charge is 0.299 e. The summed E-state index contributed by atoms with van der Waals surface area (Å²) < 4.78 is 29.3. The van der Waals surface area contributed by atoms with Crippen LogP contribution in [-0.2, 0) is 10.0 Å². The molecule has 6 nitrogen and oxygen atoms in total. The Labute approximate surface area is 166 Å². The van der Waals surface area contributed by atoms with Crippen molar-refractivity contribution in [2.24, 2.45) is 5.92 Å². The summed E-state index contributed by atoms with van der Waals surface area (Å²) in [5.41, 5.74) is 0.365. The van der Waals surface area contributed by atoms with Crippen LogP contribution in [0.3, 0.4) is 0 Å². The van der Waals surface area contributed by atoms with Gasteiger partial charge in [0, 0.05) is 19.3 Å². The molecular formula is C18H17Cl2N3O3S. The van der Waals surface area contributed by atoms with Crippen LogP contribution in [0.5, 0.6) is 0 Å². The van der Waals surface area contributed by atoms with E-state index in [1.54, 1.807) is 22.7 Å². The maximum atomic E-state index is 13.1. The molecular weight excluding hydrogens is 409 g/mol. The van der Waals surface area contributed by atoms with Crippen LogP contribution in [0.2, 0.25) is 10.0 Å². The second-order valence-corrected chi connectivity index (χ2v) is 9.65. The molecule has 142 valence electrons. The van der Waals surface area contributed by atoms with Gasteiger partial charge in [-0.2, -0.15) is 9.29 Å². The molecule has 9 heteroatoms. The minimum absolute atomic E-state index is 0.0633. The highest BCUT2D eigenvalue weighted by Crippen LogP contribution is 2.31. The fourth-order valence-electron chi connectivity index (χ4n) is 3.53. The van der Waals surface area contributed by atoms with E-state index in [1.165, 1.54) is 16.4 Å². The van der Waals surface area contributed by atoms with Crippen molar-refractivity contribution in [2.45, 2.75) is 24.7 Å². The van der Waals surface area contributed by atoms with E-state index in [0.29, 0.717) is 29.3 Å². The molecule has 0 saturated carbocycles. The van der Waals surface area contributed by atoms with Gasteiger partial charge in [0.05, 0.1) is 20.9 Å². The number of hydrogen-bond donors (Lipinski definition) is 0. The number of pyridine rings is 1. The van der Waals surface area contributed by atoms with E-state index >= 15 is 0 Å². The Kier molecular flexibility index (Phi) is 4.66. The monoisotopic (exact) mass is 425 g/mol. The van der Waals surface area contributed by atoms with Gasteiger partial charge in [-0.3, -0.25) is 9.20 Å². The molecule has 4 rings (SSSR count). The van der Waals surface area contributed by atoms with Crippen molar-refractivity contribution in [1.29, 1.82) is 0 Å². The van der Waals surface area contributed by atoms with Crippen LogP contribution < -0.4 is 5.56 Å². The molecule has 3 aromatic rings. The number of sulfonamides is 1. The van der Waals surface area contributed by atoms with Crippen molar-refractivity contribution in [3.8, 4) is 0 Å². The third kappa shape index (κ3) is 3.23. The standard InChI is InChI=1S/C18H17Cl2N3O3S/c1-11-3-2-6-22(9-11)27(25,26)16-7-13-15(8-14(16)20)23-10-12(19)4-5-17(23)21-18(13)24/h4-5,7-8,10-11H,2-3,6,9H2,1H3/t11-/m1/s1. The number of piperidine rings is 1. The maximum absolute atomic E-state index is 13.1. The first-order valence-electron chi connectivity index (χ1n) is 8.59. The van der Waals surface area contributed by atoms with E-state index in [-0.39, 0.29) is 21.2 Å². The molecule has 1 fully saturated rings. The van der Waals surface area contributed by atoms with Crippen molar-refractivity contribution in [1.82, 2.24) is 13.7 Å². The Balaban J connectivity index is 1.95. The van der Waals surface area contributed by atoms with Crippen LogP contribution in [0.1, 0.15) is 19.8 Å². The highest BCUT2D eigenvalue weighted by atomic mass is 35.5. The highest BCUT2D eigenvalue weighted by molar-refractivity contribution is 7.89. The molecule has 1 saturated heterocycles. The fourth-order valence-corrected chi connectivity index (χ4v) is 5.81. The molecule has 1 aliphatic heterocycles. The molecule has 0 unspecified atom stereocenters. The number of hydrogen-bond acceptors (Lipinski definition) is 4. The molecule has 0 N–H and O–H groups in total. The molecule has 1 atom stereocenters. The van der Waals surface area contributed by atoms with Gasteiger partial charge in [0.1, 0.15) is 10.5 Å². The van der Waals surface area contributed by atoms with E-state index in [4.69, 9.17) is 23.2 Å². The first-order chi connectivity index (χ1) is 12.8. The quantitative estimate of drug-likeness (QED) is 0.588. The Morgan fingerprint density at radius 2 is 2.00 bits per heavy atom. The van der Waals surface area contributed by atoms with Crippen molar-refractivity contribution in [2.75, 3.05) is 13.1 Å². The topological polar surface area (TPSA) is 71.8 Å². The summed E-state index contributed by atoms with van der Waals surface area (Å²) >= 11 is 12.4. The number of benzene rings is 1. The summed E-state index contributed by atoms with van der Waals surface area (Å²) in [5.74, 6) is 0.283. The van der Waals surface area contributed by atoms with Crippen molar-refractivity contribution in [3.05, 3.63) is 50.9 Å². The van der Waals surface area contributed by atoms with Crippen LogP contribution in [0.25, 0.3) is 16.6 Å². The van der Waals surface area contributed by atoms with Crippen LogP contribution in [-0.4, -0.2) is 35.2 Å². The summed E-state index contributed by atoms with van der Waals surface area (Å²) in [4.78, 5) is 16.4. The number of fused-ring (bicyclic) bond motifs is 3. The molecule has 0 spiro atoms. The van der Waals surface area contributed by atoms with Crippen molar-refractivity contribution < 1.29 is 8.42 Å². The molecule has 0 bridgehead atoms.